The number of nitrogens with one attached hydrogen (secondary N) is 1. The summed E-state index contributed by atoms with van der Waals surface area (Å²) < 4.78 is 0. The van der Waals surface area contributed by atoms with Gasteiger partial charge in [0.15, 0.2) is 5.78 Å². The second-order valence-electron chi connectivity index (χ2n) is 3.71. The molecule has 1 N–H and O–H groups in total. The van der Waals surface area contributed by atoms with E-state index in [9.17, 15) is 4.79 Å². The fourth-order valence-corrected chi connectivity index (χ4v) is 1.62. The van der Waals surface area contributed by atoms with Gasteiger partial charge in [-0.05, 0) is 13.5 Å². The first-order valence-corrected chi connectivity index (χ1v) is 5.56. The van der Waals surface area contributed by atoms with E-state index in [0.717, 1.165) is 24.8 Å². The van der Waals surface area contributed by atoms with Crippen LogP contribution in [0.2, 0.25) is 0 Å². The van der Waals surface area contributed by atoms with E-state index < -0.39 is 0 Å². The molecule has 15 heavy (non-hydrogen) atoms. The Morgan fingerprint density at radius 3 is 2.53 bits per heavy atom. The molecule has 0 unspecified atom stereocenters. The molecule has 0 aromatic heterocycles. The van der Waals surface area contributed by atoms with Crippen molar-refractivity contribution in [1.29, 1.82) is 0 Å². The summed E-state index contributed by atoms with van der Waals surface area (Å²) in [5, 5.41) is 3.09. The molecule has 0 fully saturated rings. The van der Waals surface area contributed by atoms with Gasteiger partial charge in [-0.2, -0.15) is 0 Å². The maximum absolute atomic E-state index is 12.0. The Morgan fingerprint density at radius 1 is 1.33 bits per heavy atom. The Morgan fingerprint density at radius 2 is 2.00 bits per heavy atom. The molecule has 1 rings (SSSR count). The zero-order valence-corrected chi connectivity index (χ0v) is 9.49. The smallest absolute Gasteiger partial charge is 0.179 e. The minimum atomic E-state index is -0.0349. The lowest BCUT2D eigenvalue weighted by Gasteiger charge is -2.14. The number of carbonyl (C=O) groups is 1. The van der Waals surface area contributed by atoms with E-state index >= 15 is 0 Å². The highest BCUT2D eigenvalue weighted by Crippen LogP contribution is 2.08. The Labute approximate surface area is 91.7 Å². The van der Waals surface area contributed by atoms with Crippen LogP contribution >= 0.6 is 0 Å². The number of Topliss-reactive ketones (excluding diaryl/α,β-unsaturated/α-hetero) is 1. The maximum atomic E-state index is 12.0. The van der Waals surface area contributed by atoms with Crippen LogP contribution in [0.15, 0.2) is 30.3 Å². The average molecular weight is 205 g/mol. The van der Waals surface area contributed by atoms with Crippen LogP contribution in [0.25, 0.3) is 0 Å². The van der Waals surface area contributed by atoms with Crippen molar-refractivity contribution in [2.45, 2.75) is 32.2 Å². The molecule has 0 heterocycles. The predicted molar refractivity (Wildman–Crippen MR) is 63.1 cm³/mol. The monoisotopic (exact) mass is 205 g/mol. The molecule has 0 spiro atoms. The summed E-state index contributed by atoms with van der Waals surface area (Å²) in [4.78, 5) is 12.0. The summed E-state index contributed by atoms with van der Waals surface area (Å²) in [7, 11) is 1.85. The highest BCUT2D eigenvalue weighted by atomic mass is 16.1. The minimum absolute atomic E-state index is 0.0349. The van der Waals surface area contributed by atoms with Crippen molar-refractivity contribution in [3.8, 4) is 0 Å². The van der Waals surface area contributed by atoms with Gasteiger partial charge in [0.1, 0.15) is 0 Å². The van der Waals surface area contributed by atoms with Gasteiger partial charge >= 0.3 is 0 Å². The molecule has 2 heteroatoms. The summed E-state index contributed by atoms with van der Waals surface area (Å²) in [5.41, 5.74) is 0.799. The van der Waals surface area contributed by atoms with Gasteiger partial charge in [-0.3, -0.25) is 4.79 Å². The van der Waals surface area contributed by atoms with E-state index in [1.807, 2.05) is 37.4 Å². The van der Waals surface area contributed by atoms with Crippen LogP contribution in [0.4, 0.5) is 0 Å². The average Bonchev–Trinajstić information content (AvgIpc) is 2.31. The third-order valence-electron chi connectivity index (χ3n) is 2.57. The van der Waals surface area contributed by atoms with Crippen LogP contribution in [0, 0.1) is 0 Å². The summed E-state index contributed by atoms with van der Waals surface area (Å²) in [6.45, 7) is 2.14. The fraction of sp³-hybridized carbons (Fsp3) is 0.462. The van der Waals surface area contributed by atoms with Crippen molar-refractivity contribution in [1.82, 2.24) is 5.32 Å². The van der Waals surface area contributed by atoms with Crippen LogP contribution in [-0.2, 0) is 0 Å². The Balaban J connectivity index is 2.65. The second kappa shape index (κ2) is 6.36. The SMILES string of the molecule is CCCC[C@H](NC)C(=O)c1ccccc1. The van der Waals surface area contributed by atoms with Crippen molar-refractivity contribution in [2.75, 3.05) is 7.05 Å². The Hall–Kier alpha value is -1.15. The molecule has 0 aliphatic carbocycles. The molecule has 0 aliphatic heterocycles. The molecule has 0 radical (unpaired) electrons. The van der Waals surface area contributed by atoms with Gasteiger partial charge in [-0.1, -0.05) is 50.1 Å². The van der Waals surface area contributed by atoms with Crippen molar-refractivity contribution in [2.24, 2.45) is 0 Å². The lowest BCUT2D eigenvalue weighted by Crippen LogP contribution is -2.33. The Kier molecular flexibility index (Phi) is 5.05. The number of rotatable bonds is 6. The van der Waals surface area contributed by atoms with Crippen LogP contribution in [0.5, 0.6) is 0 Å². The highest BCUT2D eigenvalue weighted by molar-refractivity contribution is 6.00. The first-order valence-electron chi connectivity index (χ1n) is 5.56. The second-order valence-corrected chi connectivity index (χ2v) is 3.71. The van der Waals surface area contributed by atoms with Crippen LogP contribution < -0.4 is 5.32 Å². The van der Waals surface area contributed by atoms with Gasteiger partial charge in [0.05, 0.1) is 6.04 Å². The number of benzene rings is 1. The number of hydrogen-bond donors (Lipinski definition) is 1. The molecule has 0 aliphatic rings. The summed E-state index contributed by atoms with van der Waals surface area (Å²) in [6, 6.07) is 9.45. The topological polar surface area (TPSA) is 29.1 Å². The van der Waals surface area contributed by atoms with Gasteiger partial charge in [0.2, 0.25) is 0 Å². The van der Waals surface area contributed by atoms with Crippen LogP contribution in [0.3, 0.4) is 0 Å². The van der Waals surface area contributed by atoms with Crippen LogP contribution in [0.1, 0.15) is 36.5 Å². The summed E-state index contributed by atoms with van der Waals surface area (Å²) in [5.74, 6) is 0.201. The van der Waals surface area contributed by atoms with E-state index in [2.05, 4.69) is 12.2 Å². The largest absolute Gasteiger partial charge is 0.310 e. The van der Waals surface area contributed by atoms with E-state index in [-0.39, 0.29) is 11.8 Å². The molecule has 2 nitrogen and oxygen atoms in total. The lowest BCUT2D eigenvalue weighted by molar-refractivity contribution is 0.0941. The first-order chi connectivity index (χ1) is 7.29. The van der Waals surface area contributed by atoms with Gasteiger partial charge < -0.3 is 5.32 Å². The number of ketones is 1. The van der Waals surface area contributed by atoms with Gasteiger partial charge in [0.25, 0.3) is 0 Å². The quantitative estimate of drug-likeness (QED) is 0.723. The van der Waals surface area contributed by atoms with E-state index in [1.165, 1.54) is 0 Å². The van der Waals surface area contributed by atoms with Crippen molar-refractivity contribution < 1.29 is 4.79 Å². The Bertz CT molecular complexity index is 295. The molecule has 1 aromatic rings. The standard InChI is InChI=1S/C13H19NO/c1-3-4-10-12(14-2)13(15)11-8-6-5-7-9-11/h5-9,12,14H,3-4,10H2,1-2H3/t12-/m0/s1. The third-order valence-corrected chi connectivity index (χ3v) is 2.57. The van der Waals surface area contributed by atoms with Crippen molar-refractivity contribution in [3.05, 3.63) is 35.9 Å². The number of hydrogen-bond acceptors (Lipinski definition) is 2. The van der Waals surface area contributed by atoms with E-state index in [0.29, 0.717) is 0 Å². The fourth-order valence-electron chi connectivity index (χ4n) is 1.62. The van der Waals surface area contributed by atoms with E-state index in [4.69, 9.17) is 0 Å². The first kappa shape index (κ1) is 11.9. The molecule has 0 saturated carbocycles. The molecular formula is C13H19NO. The van der Waals surface area contributed by atoms with Crippen molar-refractivity contribution >= 4 is 5.78 Å². The molecule has 0 saturated heterocycles. The predicted octanol–water partition coefficient (Wildman–Crippen LogP) is 2.65. The molecule has 1 aromatic carbocycles. The normalized spacial score (nSPS) is 12.4. The van der Waals surface area contributed by atoms with E-state index in [1.54, 1.807) is 0 Å². The van der Waals surface area contributed by atoms with Gasteiger partial charge in [-0.15, -0.1) is 0 Å². The minimum Gasteiger partial charge on any atom is -0.310 e. The molecule has 0 bridgehead atoms. The molecule has 1 atom stereocenters. The van der Waals surface area contributed by atoms with Crippen LogP contribution in [-0.4, -0.2) is 18.9 Å². The number of carbonyl (C=O) groups excluding carboxylic acids is 1. The number of likely N-dealkylation sites (N-methyl/N-ethyl adjacent to an activating group) is 1. The van der Waals surface area contributed by atoms with Gasteiger partial charge in [-0.25, -0.2) is 0 Å². The van der Waals surface area contributed by atoms with Gasteiger partial charge in [0, 0.05) is 5.56 Å². The molecular weight excluding hydrogens is 186 g/mol. The summed E-state index contributed by atoms with van der Waals surface area (Å²) in [6.07, 6.45) is 3.13. The summed E-state index contributed by atoms with van der Waals surface area (Å²) >= 11 is 0. The number of unbranched alkanes of at least 4 members (excludes halogenated alkanes) is 1. The zero-order chi connectivity index (χ0) is 11.1. The highest BCUT2D eigenvalue weighted by Gasteiger charge is 2.16. The van der Waals surface area contributed by atoms with Crippen molar-refractivity contribution in [3.63, 3.8) is 0 Å². The third kappa shape index (κ3) is 3.48. The molecule has 0 amide bonds. The molecule has 82 valence electrons. The maximum Gasteiger partial charge on any atom is 0.179 e. The lowest BCUT2D eigenvalue weighted by atomic mass is 10.00. The zero-order valence-electron chi connectivity index (χ0n) is 9.49.